The number of aromatic nitrogens is 1. The average molecular weight is 211 g/mol. The Labute approximate surface area is 87.1 Å². The van der Waals surface area contributed by atoms with E-state index in [2.05, 4.69) is 4.98 Å². The van der Waals surface area contributed by atoms with Gasteiger partial charge < -0.3 is 4.74 Å². The van der Waals surface area contributed by atoms with Crippen molar-refractivity contribution in [3.8, 4) is 0 Å². The molecular weight excluding hydrogens is 198 g/mol. The lowest BCUT2D eigenvalue weighted by Crippen LogP contribution is -1.93. The van der Waals surface area contributed by atoms with E-state index in [-0.39, 0.29) is 11.9 Å². The molecule has 0 N–H and O–H groups in total. The maximum absolute atomic E-state index is 10.9. The topological polar surface area (TPSA) is 39.2 Å². The van der Waals surface area contributed by atoms with Crippen molar-refractivity contribution in [1.29, 1.82) is 0 Å². The quantitative estimate of drug-likeness (QED) is 0.768. The third-order valence-corrected chi connectivity index (χ3v) is 3.29. The van der Waals surface area contributed by atoms with Crippen LogP contribution in [0.2, 0.25) is 0 Å². The minimum Gasteiger partial charge on any atom is -0.371 e. The first-order valence-electron chi connectivity index (χ1n) is 4.81. The first-order chi connectivity index (χ1) is 6.75. The van der Waals surface area contributed by atoms with Crippen LogP contribution in [0.25, 0.3) is 0 Å². The van der Waals surface area contributed by atoms with Gasteiger partial charge in [0, 0.05) is 24.1 Å². The molecule has 1 saturated heterocycles. The Morgan fingerprint density at radius 3 is 3.29 bits per heavy atom. The molecule has 76 valence electrons. The molecule has 1 aromatic rings. The molecule has 3 nitrogen and oxygen atoms in total. The second-order valence-electron chi connectivity index (χ2n) is 3.55. The Bertz CT molecular complexity index is 329. The number of rotatable bonds is 3. The molecule has 1 aliphatic heterocycles. The summed E-state index contributed by atoms with van der Waals surface area (Å²) < 4.78 is 5.52. The van der Waals surface area contributed by atoms with E-state index in [9.17, 15) is 4.79 Å². The predicted octanol–water partition coefficient (Wildman–Crippen LogP) is 2.13. The number of Topliss-reactive ketones (excluding diaryl/α,β-unsaturated/α-hetero) is 1. The van der Waals surface area contributed by atoms with E-state index in [0.29, 0.717) is 6.42 Å². The van der Waals surface area contributed by atoms with Crippen molar-refractivity contribution in [2.75, 3.05) is 6.61 Å². The fraction of sp³-hybridized carbons (Fsp3) is 0.600. The normalized spacial score (nSPS) is 21.4. The Morgan fingerprint density at radius 2 is 2.64 bits per heavy atom. The lowest BCUT2D eigenvalue weighted by atomic mass is 10.2. The first-order valence-corrected chi connectivity index (χ1v) is 5.63. The minimum atomic E-state index is 0.181. The number of carbonyl (C=O) groups excluding carboxylic acids is 1. The van der Waals surface area contributed by atoms with E-state index in [4.69, 9.17) is 4.74 Å². The highest BCUT2D eigenvalue weighted by Crippen LogP contribution is 2.31. The predicted molar refractivity (Wildman–Crippen MR) is 54.4 cm³/mol. The summed E-state index contributed by atoms with van der Waals surface area (Å²) in [7, 11) is 0. The summed E-state index contributed by atoms with van der Waals surface area (Å²) in [5, 5.41) is 1.03. The van der Waals surface area contributed by atoms with Crippen molar-refractivity contribution in [2.24, 2.45) is 0 Å². The molecule has 2 heterocycles. The highest BCUT2D eigenvalue weighted by Gasteiger charge is 2.20. The van der Waals surface area contributed by atoms with E-state index >= 15 is 0 Å². The molecule has 0 saturated carbocycles. The molecule has 1 aliphatic rings. The van der Waals surface area contributed by atoms with Gasteiger partial charge in [-0.15, -0.1) is 11.3 Å². The molecule has 4 heteroatoms. The van der Waals surface area contributed by atoms with Crippen LogP contribution in [0.1, 0.15) is 35.8 Å². The molecule has 1 aromatic heterocycles. The van der Waals surface area contributed by atoms with Crippen molar-refractivity contribution < 1.29 is 9.53 Å². The minimum absolute atomic E-state index is 0.181. The van der Waals surface area contributed by atoms with Crippen molar-refractivity contribution in [1.82, 2.24) is 4.98 Å². The Morgan fingerprint density at radius 1 is 1.79 bits per heavy atom. The summed E-state index contributed by atoms with van der Waals surface area (Å²) in [6.45, 7) is 2.44. The molecule has 1 atom stereocenters. The van der Waals surface area contributed by atoms with Gasteiger partial charge in [-0.3, -0.25) is 4.79 Å². The van der Waals surface area contributed by atoms with Crippen LogP contribution in [0.4, 0.5) is 0 Å². The van der Waals surface area contributed by atoms with Crippen LogP contribution in [0.5, 0.6) is 0 Å². The van der Waals surface area contributed by atoms with Gasteiger partial charge >= 0.3 is 0 Å². The number of ether oxygens (including phenoxy) is 1. The zero-order valence-corrected chi connectivity index (χ0v) is 8.97. The van der Waals surface area contributed by atoms with Crippen molar-refractivity contribution >= 4 is 17.1 Å². The van der Waals surface area contributed by atoms with Crippen LogP contribution in [-0.2, 0) is 16.0 Å². The second kappa shape index (κ2) is 4.19. The smallest absolute Gasteiger partial charge is 0.135 e. The fourth-order valence-electron chi connectivity index (χ4n) is 1.57. The molecule has 1 fully saturated rings. The van der Waals surface area contributed by atoms with Crippen molar-refractivity contribution in [3.05, 3.63) is 16.1 Å². The van der Waals surface area contributed by atoms with Gasteiger partial charge in [0.15, 0.2) is 0 Å². The van der Waals surface area contributed by atoms with Gasteiger partial charge in [0.2, 0.25) is 0 Å². The van der Waals surface area contributed by atoms with Crippen LogP contribution < -0.4 is 0 Å². The molecular formula is C10H13NO2S. The summed E-state index contributed by atoms with van der Waals surface area (Å²) in [5.74, 6) is 0.188. The van der Waals surface area contributed by atoms with E-state index in [1.807, 2.05) is 0 Å². The van der Waals surface area contributed by atoms with Gasteiger partial charge in [0.05, 0.1) is 0 Å². The highest BCUT2D eigenvalue weighted by molar-refractivity contribution is 7.11. The fourth-order valence-corrected chi connectivity index (χ4v) is 2.64. The molecule has 14 heavy (non-hydrogen) atoms. The summed E-state index contributed by atoms with van der Waals surface area (Å²) in [4.78, 5) is 16.2. The maximum Gasteiger partial charge on any atom is 0.135 e. The van der Waals surface area contributed by atoms with E-state index < -0.39 is 0 Å². The van der Waals surface area contributed by atoms with E-state index in [1.165, 1.54) is 0 Å². The number of carbonyl (C=O) groups is 1. The monoisotopic (exact) mass is 211 g/mol. The highest BCUT2D eigenvalue weighted by atomic mass is 32.1. The molecule has 2 rings (SSSR count). The molecule has 0 aromatic carbocycles. The summed E-state index contributed by atoms with van der Waals surface area (Å²) in [5.41, 5.74) is 0. The van der Waals surface area contributed by atoms with Gasteiger partial charge in [-0.1, -0.05) is 0 Å². The number of nitrogens with zero attached hydrogens (tertiary/aromatic N) is 1. The average Bonchev–Trinajstić information content (AvgIpc) is 2.69. The molecule has 0 spiro atoms. The standard InChI is InChI=1S/C10H13NO2S/c1-7(12)5-8-6-11-10(14-8)9-3-2-4-13-9/h6,9H,2-5H2,1H3. The molecule has 0 radical (unpaired) electrons. The van der Waals surface area contributed by atoms with Crippen LogP contribution >= 0.6 is 11.3 Å². The van der Waals surface area contributed by atoms with Crippen molar-refractivity contribution in [3.63, 3.8) is 0 Å². The van der Waals surface area contributed by atoms with E-state index in [1.54, 1.807) is 24.5 Å². The summed E-state index contributed by atoms with van der Waals surface area (Å²) in [6.07, 6.45) is 4.66. The van der Waals surface area contributed by atoms with E-state index in [0.717, 1.165) is 29.3 Å². The van der Waals surface area contributed by atoms with Gasteiger partial charge in [0.1, 0.15) is 16.9 Å². The van der Waals surface area contributed by atoms with Gasteiger partial charge in [-0.05, 0) is 19.8 Å². The summed E-state index contributed by atoms with van der Waals surface area (Å²) >= 11 is 1.60. The molecule has 0 amide bonds. The van der Waals surface area contributed by atoms with Gasteiger partial charge in [-0.2, -0.15) is 0 Å². The second-order valence-corrected chi connectivity index (χ2v) is 4.69. The van der Waals surface area contributed by atoms with Crippen LogP contribution in [-0.4, -0.2) is 17.4 Å². The van der Waals surface area contributed by atoms with Crippen LogP contribution in [0.15, 0.2) is 6.20 Å². The Hall–Kier alpha value is -0.740. The lowest BCUT2D eigenvalue weighted by molar-refractivity contribution is -0.116. The van der Waals surface area contributed by atoms with Crippen LogP contribution in [0, 0.1) is 0 Å². The SMILES string of the molecule is CC(=O)Cc1cnc(C2CCCO2)s1. The number of hydrogen-bond acceptors (Lipinski definition) is 4. The van der Waals surface area contributed by atoms with Gasteiger partial charge in [0.25, 0.3) is 0 Å². The number of ketones is 1. The largest absolute Gasteiger partial charge is 0.371 e. The lowest BCUT2D eigenvalue weighted by Gasteiger charge is -2.02. The van der Waals surface area contributed by atoms with Gasteiger partial charge in [-0.25, -0.2) is 4.98 Å². The number of hydrogen-bond donors (Lipinski definition) is 0. The summed E-state index contributed by atoms with van der Waals surface area (Å²) in [6, 6.07) is 0. The third-order valence-electron chi connectivity index (χ3n) is 2.20. The first kappa shape index (κ1) is 9.80. The Balaban J connectivity index is 2.05. The molecule has 0 aliphatic carbocycles. The molecule has 1 unspecified atom stereocenters. The van der Waals surface area contributed by atoms with Crippen molar-refractivity contribution in [2.45, 2.75) is 32.3 Å². The third kappa shape index (κ3) is 2.19. The number of thiazole rings is 1. The maximum atomic E-state index is 10.9. The van der Waals surface area contributed by atoms with Crippen LogP contribution in [0.3, 0.4) is 0 Å². The zero-order valence-electron chi connectivity index (χ0n) is 8.16. The zero-order chi connectivity index (χ0) is 9.97. The molecule has 0 bridgehead atoms. The Kier molecular flexibility index (Phi) is 2.93.